The number of hydrogen-bond donors (Lipinski definition) is 1. The van der Waals surface area contributed by atoms with Crippen LogP contribution >= 0.6 is 11.6 Å². The molecule has 1 unspecified atom stereocenters. The van der Waals surface area contributed by atoms with Crippen LogP contribution in [0, 0.1) is 0 Å². The number of nitrogens with one attached hydrogen (secondary N) is 1. The molecule has 2 heterocycles. The van der Waals surface area contributed by atoms with Gasteiger partial charge in [0.05, 0.1) is 5.02 Å². The second kappa shape index (κ2) is 6.07. The molecule has 0 saturated carbocycles. The Morgan fingerprint density at radius 1 is 1.55 bits per heavy atom. The number of nitrogens with zero attached hydrogens (tertiary/aromatic N) is 2. The Hall–Kier alpha value is -1.18. The number of sulfonamides is 1. The summed E-state index contributed by atoms with van der Waals surface area (Å²) in [5, 5.41) is 0.266. The van der Waals surface area contributed by atoms with Gasteiger partial charge in [-0.3, -0.25) is 9.78 Å². The van der Waals surface area contributed by atoms with Crippen molar-refractivity contribution in [2.75, 3.05) is 13.1 Å². The molecule has 0 radical (unpaired) electrons. The van der Waals surface area contributed by atoms with E-state index in [1.165, 1.54) is 18.5 Å². The molecule has 1 fully saturated rings. The molecular weight excluding hydrogens is 302 g/mol. The van der Waals surface area contributed by atoms with Gasteiger partial charge in [0, 0.05) is 37.9 Å². The Kier molecular flexibility index (Phi) is 4.62. The average molecular weight is 318 g/mol. The van der Waals surface area contributed by atoms with Crippen molar-refractivity contribution in [1.82, 2.24) is 14.6 Å². The Labute approximate surface area is 123 Å². The average Bonchev–Trinajstić information content (AvgIpc) is 2.85. The molecular formula is C12H16ClN3O3S. The van der Waals surface area contributed by atoms with E-state index in [4.69, 9.17) is 11.6 Å². The molecule has 1 aromatic heterocycles. The highest BCUT2D eigenvalue weighted by Crippen LogP contribution is 2.17. The molecule has 1 aromatic rings. The van der Waals surface area contributed by atoms with Crippen molar-refractivity contribution >= 4 is 27.5 Å². The summed E-state index contributed by atoms with van der Waals surface area (Å²) in [7, 11) is -3.66. The van der Waals surface area contributed by atoms with E-state index in [0.29, 0.717) is 25.9 Å². The zero-order chi connectivity index (χ0) is 14.8. The molecule has 1 amide bonds. The highest BCUT2D eigenvalue weighted by Gasteiger charge is 2.29. The van der Waals surface area contributed by atoms with Crippen LogP contribution in [0.3, 0.4) is 0 Å². The molecule has 110 valence electrons. The minimum absolute atomic E-state index is 0.0327. The number of carbonyl (C=O) groups is 1. The van der Waals surface area contributed by atoms with Gasteiger partial charge in [0.25, 0.3) is 0 Å². The van der Waals surface area contributed by atoms with Crippen molar-refractivity contribution in [2.24, 2.45) is 0 Å². The van der Waals surface area contributed by atoms with Crippen LogP contribution in [0.15, 0.2) is 23.4 Å². The van der Waals surface area contributed by atoms with E-state index >= 15 is 0 Å². The van der Waals surface area contributed by atoms with Crippen LogP contribution in [-0.4, -0.2) is 43.3 Å². The summed E-state index contributed by atoms with van der Waals surface area (Å²) in [6, 6.07) is 1.08. The summed E-state index contributed by atoms with van der Waals surface area (Å²) in [5.41, 5.74) is 0. The SMILES string of the molecule is CCC(=O)N1CCC(NS(=O)(=O)c2cncc(Cl)c2)C1. The number of halogens is 1. The van der Waals surface area contributed by atoms with Gasteiger partial charge in [-0.05, 0) is 12.5 Å². The maximum absolute atomic E-state index is 12.2. The van der Waals surface area contributed by atoms with E-state index in [2.05, 4.69) is 9.71 Å². The van der Waals surface area contributed by atoms with Crippen LogP contribution in [0.4, 0.5) is 0 Å². The Morgan fingerprint density at radius 2 is 2.30 bits per heavy atom. The first-order valence-electron chi connectivity index (χ1n) is 6.33. The van der Waals surface area contributed by atoms with Gasteiger partial charge < -0.3 is 4.90 Å². The van der Waals surface area contributed by atoms with Crippen molar-refractivity contribution in [3.05, 3.63) is 23.5 Å². The Morgan fingerprint density at radius 3 is 2.95 bits per heavy atom. The Balaban J connectivity index is 2.05. The molecule has 2 rings (SSSR count). The molecule has 1 saturated heterocycles. The first kappa shape index (κ1) is 15.2. The highest BCUT2D eigenvalue weighted by atomic mass is 35.5. The molecule has 0 spiro atoms. The maximum atomic E-state index is 12.2. The van der Waals surface area contributed by atoms with E-state index in [0.717, 1.165) is 0 Å². The van der Waals surface area contributed by atoms with Crippen LogP contribution in [-0.2, 0) is 14.8 Å². The summed E-state index contributed by atoms with van der Waals surface area (Å²) < 4.78 is 26.9. The number of likely N-dealkylation sites (tertiary alicyclic amines) is 1. The zero-order valence-corrected chi connectivity index (χ0v) is 12.6. The largest absolute Gasteiger partial charge is 0.341 e. The van der Waals surface area contributed by atoms with Gasteiger partial charge in [0.15, 0.2) is 0 Å². The molecule has 8 heteroatoms. The molecule has 1 atom stereocenters. The number of rotatable bonds is 4. The fourth-order valence-electron chi connectivity index (χ4n) is 2.13. The quantitative estimate of drug-likeness (QED) is 0.899. The van der Waals surface area contributed by atoms with Gasteiger partial charge in [-0.15, -0.1) is 0 Å². The molecule has 1 aliphatic heterocycles. The number of hydrogen-bond acceptors (Lipinski definition) is 4. The highest BCUT2D eigenvalue weighted by molar-refractivity contribution is 7.89. The van der Waals surface area contributed by atoms with Gasteiger partial charge in [0.2, 0.25) is 15.9 Å². The summed E-state index contributed by atoms with van der Waals surface area (Å²) in [6.45, 7) is 2.77. The summed E-state index contributed by atoms with van der Waals surface area (Å²) in [5.74, 6) is 0.0381. The number of amides is 1. The topological polar surface area (TPSA) is 79.4 Å². The summed E-state index contributed by atoms with van der Waals surface area (Å²) in [6.07, 6.45) is 3.66. The third-order valence-corrected chi connectivity index (χ3v) is 4.85. The van der Waals surface area contributed by atoms with E-state index in [9.17, 15) is 13.2 Å². The van der Waals surface area contributed by atoms with Crippen LogP contribution in [0.5, 0.6) is 0 Å². The van der Waals surface area contributed by atoms with Crippen molar-refractivity contribution in [3.63, 3.8) is 0 Å². The third kappa shape index (κ3) is 3.47. The lowest BCUT2D eigenvalue weighted by molar-refractivity contribution is -0.129. The number of carbonyl (C=O) groups excluding carboxylic acids is 1. The van der Waals surface area contributed by atoms with Crippen molar-refractivity contribution in [2.45, 2.75) is 30.7 Å². The fraction of sp³-hybridized carbons (Fsp3) is 0.500. The molecule has 1 aliphatic rings. The molecule has 0 bridgehead atoms. The monoisotopic (exact) mass is 317 g/mol. The van der Waals surface area contributed by atoms with E-state index in [-0.39, 0.29) is 21.9 Å². The molecule has 6 nitrogen and oxygen atoms in total. The van der Waals surface area contributed by atoms with E-state index in [1.54, 1.807) is 11.8 Å². The lowest BCUT2D eigenvalue weighted by Gasteiger charge is -2.16. The van der Waals surface area contributed by atoms with Crippen molar-refractivity contribution < 1.29 is 13.2 Å². The standard InChI is InChI=1S/C12H16ClN3O3S/c1-2-12(17)16-4-3-10(8-16)15-20(18,19)11-5-9(13)6-14-7-11/h5-7,10,15H,2-4,8H2,1H3. The Bertz CT molecular complexity index is 606. The molecule has 1 N–H and O–H groups in total. The smallest absolute Gasteiger partial charge is 0.242 e. The molecule has 0 aromatic carbocycles. The fourth-order valence-corrected chi connectivity index (χ4v) is 3.62. The predicted octanol–water partition coefficient (Wildman–Crippen LogP) is 1.02. The van der Waals surface area contributed by atoms with Crippen LogP contribution in [0.2, 0.25) is 5.02 Å². The van der Waals surface area contributed by atoms with Crippen molar-refractivity contribution in [1.29, 1.82) is 0 Å². The zero-order valence-electron chi connectivity index (χ0n) is 11.0. The van der Waals surface area contributed by atoms with Crippen molar-refractivity contribution in [3.8, 4) is 0 Å². The second-order valence-corrected chi connectivity index (χ2v) is 6.79. The predicted molar refractivity (Wildman–Crippen MR) is 74.8 cm³/mol. The minimum Gasteiger partial charge on any atom is -0.341 e. The van der Waals surface area contributed by atoms with Crippen LogP contribution in [0.1, 0.15) is 19.8 Å². The minimum atomic E-state index is -3.66. The van der Waals surface area contributed by atoms with Gasteiger partial charge in [-0.1, -0.05) is 18.5 Å². The van der Waals surface area contributed by atoms with Gasteiger partial charge >= 0.3 is 0 Å². The first-order chi connectivity index (χ1) is 9.42. The first-order valence-corrected chi connectivity index (χ1v) is 8.19. The van der Waals surface area contributed by atoms with Gasteiger partial charge in [0.1, 0.15) is 4.90 Å². The van der Waals surface area contributed by atoms with Gasteiger partial charge in [-0.2, -0.15) is 0 Å². The normalized spacial score (nSPS) is 19.3. The van der Waals surface area contributed by atoms with Crippen LogP contribution < -0.4 is 4.72 Å². The third-order valence-electron chi connectivity index (χ3n) is 3.16. The van der Waals surface area contributed by atoms with Crippen LogP contribution in [0.25, 0.3) is 0 Å². The molecule has 20 heavy (non-hydrogen) atoms. The lowest BCUT2D eigenvalue weighted by Crippen LogP contribution is -2.38. The number of pyridine rings is 1. The van der Waals surface area contributed by atoms with E-state index in [1.807, 2.05) is 0 Å². The second-order valence-electron chi connectivity index (χ2n) is 4.64. The van der Waals surface area contributed by atoms with Gasteiger partial charge in [-0.25, -0.2) is 13.1 Å². The number of aromatic nitrogens is 1. The maximum Gasteiger partial charge on any atom is 0.242 e. The lowest BCUT2D eigenvalue weighted by atomic mass is 10.3. The summed E-state index contributed by atoms with van der Waals surface area (Å²) >= 11 is 5.74. The summed E-state index contributed by atoms with van der Waals surface area (Å²) in [4.78, 5) is 17.0. The van der Waals surface area contributed by atoms with E-state index < -0.39 is 10.0 Å². The molecule has 0 aliphatic carbocycles.